The fourth-order valence-corrected chi connectivity index (χ4v) is 1.51. The number of amides is 1. The molecule has 0 aliphatic heterocycles. The molecule has 1 aliphatic rings. The number of carbonyl (C=O) groups excluding carboxylic acids is 1. The van der Waals surface area contributed by atoms with Gasteiger partial charge in [0, 0.05) is 13.1 Å². The summed E-state index contributed by atoms with van der Waals surface area (Å²) < 4.78 is 5.41. The normalized spacial score (nSPS) is 17.6. The molecule has 0 aromatic heterocycles. The predicted octanol–water partition coefficient (Wildman–Crippen LogP) is 0.0205. The molecule has 0 aromatic carbocycles. The van der Waals surface area contributed by atoms with Gasteiger partial charge in [-0.1, -0.05) is 12.8 Å². The molecule has 4 nitrogen and oxygen atoms in total. The minimum atomic E-state index is -0.0580. The smallest absolute Gasteiger partial charge is 0.246 e. The van der Waals surface area contributed by atoms with Crippen molar-refractivity contribution in [3.05, 3.63) is 0 Å². The van der Waals surface area contributed by atoms with E-state index in [9.17, 15) is 4.79 Å². The predicted molar refractivity (Wildman–Crippen MR) is 50.3 cm³/mol. The summed E-state index contributed by atoms with van der Waals surface area (Å²) in [6, 6.07) is 0. The average Bonchev–Trinajstić information content (AvgIpc) is 2.64. The van der Waals surface area contributed by atoms with Gasteiger partial charge in [0.1, 0.15) is 6.61 Å². The maximum absolute atomic E-state index is 11.1. The number of rotatable bonds is 5. The molecule has 0 atom stereocenters. The zero-order valence-corrected chi connectivity index (χ0v) is 7.92. The number of nitrogens with two attached hydrogens (primary N) is 1. The molecule has 0 aromatic rings. The van der Waals surface area contributed by atoms with Crippen LogP contribution in [0.25, 0.3) is 0 Å². The fourth-order valence-electron chi connectivity index (χ4n) is 1.51. The van der Waals surface area contributed by atoms with Crippen molar-refractivity contribution in [1.29, 1.82) is 0 Å². The third-order valence-electron chi connectivity index (χ3n) is 2.22. The molecule has 1 aliphatic carbocycles. The molecule has 76 valence electrons. The molecule has 1 saturated carbocycles. The number of nitrogens with one attached hydrogen (secondary N) is 1. The van der Waals surface area contributed by atoms with Crippen molar-refractivity contribution in [2.45, 2.75) is 31.8 Å². The SMILES string of the molecule is NCCNC(=O)COC1CCCC1. The van der Waals surface area contributed by atoms with E-state index in [4.69, 9.17) is 10.5 Å². The summed E-state index contributed by atoms with van der Waals surface area (Å²) in [7, 11) is 0. The summed E-state index contributed by atoms with van der Waals surface area (Å²) in [6.45, 7) is 1.20. The Hall–Kier alpha value is -0.610. The van der Waals surface area contributed by atoms with E-state index in [-0.39, 0.29) is 12.5 Å². The Morgan fingerprint density at radius 3 is 2.77 bits per heavy atom. The number of ether oxygens (including phenoxy) is 1. The van der Waals surface area contributed by atoms with Crippen LogP contribution in [-0.2, 0) is 9.53 Å². The van der Waals surface area contributed by atoms with E-state index in [1.165, 1.54) is 12.8 Å². The van der Waals surface area contributed by atoms with Crippen LogP contribution in [0, 0.1) is 0 Å². The summed E-state index contributed by atoms with van der Waals surface area (Å²) in [5.74, 6) is -0.0580. The zero-order valence-electron chi connectivity index (χ0n) is 7.92. The van der Waals surface area contributed by atoms with E-state index >= 15 is 0 Å². The molecule has 1 rings (SSSR count). The monoisotopic (exact) mass is 186 g/mol. The average molecular weight is 186 g/mol. The first-order chi connectivity index (χ1) is 6.33. The summed E-state index contributed by atoms with van der Waals surface area (Å²) in [5, 5.41) is 2.67. The van der Waals surface area contributed by atoms with E-state index in [1.54, 1.807) is 0 Å². The Balaban J connectivity index is 2.00. The van der Waals surface area contributed by atoms with E-state index < -0.39 is 0 Å². The topological polar surface area (TPSA) is 64.3 Å². The van der Waals surface area contributed by atoms with Crippen molar-refractivity contribution < 1.29 is 9.53 Å². The van der Waals surface area contributed by atoms with Crippen LogP contribution in [0.15, 0.2) is 0 Å². The molecular weight excluding hydrogens is 168 g/mol. The molecule has 13 heavy (non-hydrogen) atoms. The lowest BCUT2D eigenvalue weighted by atomic mass is 10.3. The van der Waals surface area contributed by atoms with Crippen LogP contribution in [0.1, 0.15) is 25.7 Å². The Morgan fingerprint density at radius 1 is 1.46 bits per heavy atom. The van der Waals surface area contributed by atoms with Crippen LogP contribution in [-0.4, -0.2) is 31.7 Å². The lowest BCUT2D eigenvalue weighted by molar-refractivity contribution is -0.127. The molecule has 0 heterocycles. The van der Waals surface area contributed by atoms with Crippen LogP contribution in [0.5, 0.6) is 0 Å². The third-order valence-corrected chi connectivity index (χ3v) is 2.22. The highest BCUT2D eigenvalue weighted by atomic mass is 16.5. The van der Waals surface area contributed by atoms with E-state index in [0.29, 0.717) is 19.2 Å². The van der Waals surface area contributed by atoms with Crippen molar-refractivity contribution in [3.63, 3.8) is 0 Å². The lowest BCUT2D eigenvalue weighted by Crippen LogP contribution is -2.33. The van der Waals surface area contributed by atoms with Crippen molar-refractivity contribution in [3.8, 4) is 0 Å². The summed E-state index contributed by atoms with van der Waals surface area (Å²) in [4.78, 5) is 11.1. The van der Waals surface area contributed by atoms with Gasteiger partial charge >= 0.3 is 0 Å². The Kier molecular flexibility index (Phi) is 4.78. The molecular formula is C9H18N2O2. The Bertz CT molecular complexity index is 156. The molecule has 0 saturated heterocycles. The lowest BCUT2D eigenvalue weighted by Gasteiger charge is -2.10. The highest BCUT2D eigenvalue weighted by Crippen LogP contribution is 2.20. The van der Waals surface area contributed by atoms with Crippen LogP contribution in [0.2, 0.25) is 0 Å². The van der Waals surface area contributed by atoms with Crippen LogP contribution < -0.4 is 11.1 Å². The molecule has 0 radical (unpaired) electrons. The highest BCUT2D eigenvalue weighted by Gasteiger charge is 2.16. The van der Waals surface area contributed by atoms with Gasteiger partial charge in [0.2, 0.25) is 5.91 Å². The van der Waals surface area contributed by atoms with Crippen molar-refractivity contribution in [2.24, 2.45) is 5.73 Å². The first-order valence-corrected chi connectivity index (χ1v) is 4.91. The minimum Gasteiger partial charge on any atom is -0.368 e. The summed E-state index contributed by atoms with van der Waals surface area (Å²) in [5.41, 5.74) is 5.24. The molecule has 1 amide bonds. The maximum Gasteiger partial charge on any atom is 0.246 e. The van der Waals surface area contributed by atoms with E-state index in [2.05, 4.69) is 5.32 Å². The van der Waals surface area contributed by atoms with Crippen molar-refractivity contribution in [1.82, 2.24) is 5.32 Å². The number of hydrogen-bond donors (Lipinski definition) is 2. The van der Waals surface area contributed by atoms with Gasteiger partial charge in [-0.05, 0) is 12.8 Å². The first kappa shape index (κ1) is 10.5. The largest absolute Gasteiger partial charge is 0.368 e. The second-order valence-electron chi connectivity index (χ2n) is 3.36. The first-order valence-electron chi connectivity index (χ1n) is 4.91. The molecule has 4 heteroatoms. The van der Waals surface area contributed by atoms with Gasteiger partial charge in [-0.15, -0.1) is 0 Å². The van der Waals surface area contributed by atoms with E-state index in [0.717, 1.165) is 12.8 Å². The standard InChI is InChI=1S/C9H18N2O2/c10-5-6-11-9(12)7-13-8-3-1-2-4-8/h8H,1-7,10H2,(H,11,12). The van der Waals surface area contributed by atoms with Gasteiger partial charge in [-0.2, -0.15) is 0 Å². The van der Waals surface area contributed by atoms with Gasteiger partial charge < -0.3 is 15.8 Å². The summed E-state index contributed by atoms with van der Waals surface area (Å²) in [6.07, 6.45) is 4.97. The quantitative estimate of drug-likeness (QED) is 0.636. The fraction of sp³-hybridized carbons (Fsp3) is 0.889. The van der Waals surface area contributed by atoms with E-state index in [1.807, 2.05) is 0 Å². The van der Waals surface area contributed by atoms with Crippen LogP contribution >= 0.6 is 0 Å². The molecule has 0 spiro atoms. The second kappa shape index (κ2) is 5.94. The highest BCUT2D eigenvalue weighted by molar-refractivity contribution is 5.77. The Labute approximate surface area is 78.8 Å². The van der Waals surface area contributed by atoms with Crippen molar-refractivity contribution >= 4 is 5.91 Å². The number of hydrogen-bond acceptors (Lipinski definition) is 3. The van der Waals surface area contributed by atoms with Crippen molar-refractivity contribution in [2.75, 3.05) is 19.7 Å². The molecule has 0 bridgehead atoms. The zero-order chi connectivity index (χ0) is 9.52. The second-order valence-corrected chi connectivity index (χ2v) is 3.36. The van der Waals surface area contributed by atoms with Gasteiger partial charge in [0.25, 0.3) is 0 Å². The molecule has 3 N–H and O–H groups in total. The Morgan fingerprint density at radius 2 is 2.15 bits per heavy atom. The maximum atomic E-state index is 11.1. The molecule has 0 unspecified atom stereocenters. The van der Waals surface area contributed by atoms with Gasteiger partial charge in [-0.25, -0.2) is 0 Å². The van der Waals surface area contributed by atoms with Gasteiger partial charge in [0.05, 0.1) is 6.10 Å². The summed E-state index contributed by atoms with van der Waals surface area (Å²) >= 11 is 0. The van der Waals surface area contributed by atoms with Crippen LogP contribution in [0.4, 0.5) is 0 Å². The van der Waals surface area contributed by atoms with Gasteiger partial charge in [0.15, 0.2) is 0 Å². The number of carbonyl (C=O) groups is 1. The third kappa shape index (κ3) is 4.24. The minimum absolute atomic E-state index is 0.0580. The van der Waals surface area contributed by atoms with Crippen LogP contribution in [0.3, 0.4) is 0 Å². The van der Waals surface area contributed by atoms with Gasteiger partial charge in [-0.3, -0.25) is 4.79 Å². The molecule has 1 fully saturated rings.